The Hall–Kier alpha value is -1.71. The Morgan fingerprint density at radius 1 is 1.40 bits per heavy atom. The molecule has 1 atom stereocenters. The van der Waals surface area contributed by atoms with Crippen molar-refractivity contribution in [1.82, 2.24) is 0 Å². The topological polar surface area (TPSA) is 61.6 Å². The molecule has 1 aromatic carbocycles. The van der Waals surface area contributed by atoms with Crippen molar-refractivity contribution >= 4 is 5.91 Å². The summed E-state index contributed by atoms with van der Waals surface area (Å²) in [5.41, 5.74) is 5.18. The van der Waals surface area contributed by atoms with Crippen LogP contribution < -0.4 is 15.2 Å². The van der Waals surface area contributed by atoms with E-state index in [1.54, 1.807) is 19.2 Å². The van der Waals surface area contributed by atoms with Gasteiger partial charge in [0.25, 0.3) is 5.91 Å². The lowest BCUT2D eigenvalue weighted by Gasteiger charge is -2.15. The number of amides is 1. The molecule has 4 nitrogen and oxygen atoms in total. The highest BCUT2D eigenvalue weighted by molar-refractivity contribution is 5.79. The lowest BCUT2D eigenvalue weighted by Crippen LogP contribution is -2.33. The minimum absolute atomic E-state index is 0.469. The summed E-state index contributed by atoms with van der Waals surface area (Å²) in [5, 5.41) is 0. The SMILES string of the molecule is CC[C@H](Oc1ccccc1OC)C(N)=O. The number of methoxy groups -OCH3 is 1. The first-order valence-electron chi connectivity index (χ1n) is 4.78. The Balaban J connectivity index is 2.82. The second-order valence-corrected chi connectivity index (χ2v) is 3.07. The average Bonchev–Trinajstić information content (AvgIpc) is 2.25. The molecule has 0 bridgehead atoms. The maximum Gasteiger partial charge on any atom is 0.258 e. The van der Waals surface area contributed by atoms with E-state index >= 15 is 0 Å². The number of ether oxygens (including phenoxy) is 2. The maximum atomic E-state index is 11.0. The first-order valence-corrected chi connectivity index (χ1v) is 4.78. The Bertz CT molecular complexity index is 338. The number of hydrogen-bond acceptors (Lipinski definition) is 3. The van der Waals surface area contributed by atoms with Gasteiger partial charge >= 0.3 is 0 Å². The molecule has 0 aromatic heterocycles. The zero-order valence-electron chi connectivity index (χ0n) is 8.90. The van der Waals surface area contributed by atoms with Gasteiger partial charge in [-0.25, -0.2) is 0 Å². The van der Waals surface area contributed by atoms with E-state index in [0.29, 0.717) is 17.9 Å². The zero-order chi connectivity index (χ0) is 11.3. The van der Waals surface area contributed by atoms with Gasteiger partial charge in [-0.15, -0.1) is 0 Å². The summed E-state index contributed by atoms with van der Waals surface area (Å²) >= 11 is 0. The highest BCUT2D eigenvalue weighted by Crippen LogP contribution is 2.27. The minimum Gasteiger partial charge on any atom is -0.493 e. The van der Waals surface area contributed by atoms with E-state index < -0.39 is 12.0 Å². The van der Waals surface area contributed by atoms with Crippen molar-refractivity contribution in [3.63, 3.8) is 0 Å². The van der Waals surface area contributed by atoms with Crippen LogP contribution in [0.1, 0.15) is 13.3 Å². The van der Waals surface area contributed by atoms with Crippen LogP contribution >= 0.6 is 0 Å². The molecule has 82 valence electrons. The molecule has 0 heterocycles. The van der Waals surface area contributed by atoms with Crippen LogP contribution in [0, 0.1) is 0 Å². The van der Waals surface area contributed by atoms with Gasteiger partial charge in [0.2, 0.25) is 0 Å². The predicted octanol–water partition coefficient (Wildman–Crippen LogP) is 1.34. The van der Waals surface area contributed by atoms with E-state index in [4.69, 9.17) is 15.2 Å². The van der Waals surface area contributed by atoms with E-state index in [9.17, 15) is 4.79 Å². The first-order chi connectivity index (χ1) is 7.19. The zero-order valence-corrected chi connectivity index (χ0v) is 8.90. The lowest BCUT2D eigenvalue weighted by atomic mass is 10.2. The molecule has 0 saturated carbocycles. The van der Waals surface area contributed by atoms with Gasteiger partial charge in [-0.2, -0.15) is 0 Å². The molecule has 15 heavy (non-hydrogen) atoms. The molecule has 1 amide bonds. The molecule has 0 fully saturated rings. The smallest absolute Gasteiger partial charge is 0.258 e. The highest BCUT2D eigenvalue weighted by atomic mass is 16.5. The van der Waals surface area contributed by atoms with Crippen molar-refractivity contribution in [1.29, 1.82) is 0 Å². The molecule has 1 aromatic rings. The molecule has 0 aliphatic rings. The fourth-order valence-corrected chi connectivity index (χ4v) is 1.21. The van der Waals surface area contributed by atoms with Crippen LogP contribution in [-0.2, 0) is 4.79 Å². The molecule has 0 spiro atoms. The van der Waals surface area contributed by atoms with Crippen LogP contribution in [-0.4, -0.2) is 19.1 Å². The quantitative estimate of drug-likeness (QED) is 0.796. The molecule has 0 saturated heterocycles. The summed E-state index contributed by atoms with van der Waals surface area (Å²) in [7, 11) is 1.55. The van der Waals surface area contributed by atoms with Crippen LogP contribution in [0.2, 0.25) is 0 Å². The second-order valence-electron chi connectivity index (χ2n) is 3.07. The molecule has 0 radical (unpaired) electrons. The third-order valence-electron chi connectivity index (χ3n) is 2.03. The molecule has 4 heteroatoms. The average molecular weight is 209 g/mol. The minimum atomic E-state index is -0.610. The number of carbonyl (C=O) groups is 1. The van der Waals surface area contributed by atoms with Crippen molar-refractivity contribution in [2.24, 2.45) is 5.73 Å². The lowest BCUT2D eigenvalue weighted by molar-refractivity contribution is -0.124. The molecule has 0 aliphatic heterocycles. The van der Waals surface area contributed by atoms with E-state index in [1.807, 2.05) is 19.1 Å². The maximum absolute atomic E-state index is 11.0. The molecule has 0 aliphatic carbocycles. The Morgan fingerprint density at radius 3 is 2.47 bits per heavy atom. The number of benzene rings is 1. The van der Waals surface area contributed by atoms with Crippen LogP contribution in [0.3, 0.4) is 0 Å². The van der Waals surface area contributed by atoms with Gasteiger partial charge in [0, 0.05) is 0 Å². The first kappa shape index (κ1) is 11.4. The Labute approximate surface area is 89.0 Å². The third kappa shape index (κ3) is 2.87. The van der Waals surface area contributed by atoms with Gasteiger partial charge in [-0.05, 0) is 18.6 Å². The molecule has 1 rings (SSSR count). The van der Waals surface area contributed by atoms with Gasteiger partial charge in [-0.1, -0.05) is 19.1 Å². The number of nitrogens with two attached hydrogens (primary N) is 1. The fraction of sp³-hybridized carbons (Fsp3) is 0.364. The standard InChI is InChI=1S/C11H15NO3/c1-3-8(11(12)13)15-10-7-5-4-6-9(10)14-2/h4-8H,3H2,1-2H3,(H2,12,13)/t8-/m0/s1. The van der Waals surface area contributed by atoms with Crippen molar-refractivity contribution in [2.45, 2.75) is 19.4 Å². The van der Waals surface area contributed by atoms with Gasteiger partial charge in [-0.3, -0.25) is 4.79 Å². The summed E-state index contributed by atoms with van der Waals surface area (Å²) in [5.74, 6) is 0.659. The largest absolute Gasteiger partial charge is 0.493 e. The molecule has 0 unspecified atom stereocenters. The number of carbonyl (C=O) groups excluding carboxylic acids is 1. The Kier molecular flexibility index (Phi) is 3.97. The van der Waals surface area contributed by atoms with Crippen LogP contribution in [0.4, 0.5) is 0 Å². The van der Waals surface area contributed by atoms with Crippen LogP contribution in [0.25, 0.3) is 0 Å². The third-order valence-corrected chi connectivity index (χ3v) is 2.03. The van der Waals surface area contributed by atoms with Gasteiger partial charge in [0.1, 0.15) is 0 Å². The van der Waals surface area contributed by atoms with Crippen molar-refractivity contribution in [2.75, 3.05) is 7.11 Å². The van der Waals surface area contributed by atoms with Crippen LogP contribution in [0.15, 0.2) is 24.3 Å². The van der Waals surface area contributed by atoms with Gasteiger partial charge < -0.3 is 15.2 Å². The van der Waals surface area contributed by atoms with E-state index in [1.165, 1.54) is 0 Å². The predicted molar refractivity (Wildman–Crippen MR) is 56.9 cm³/mol. The number of primary amides is 1. The molecule has 2 N–H and O–H groups in total. The summed E-state index contributed by atoms with van der Waals surface area (Å²) in [4.78, 5) is 11.0. The highest BCUT2D eigenvalue weighted by Gasteiger charge is 2.16. The number of hydrogen-bond donors (Lipinski definition) is 1. The monoisotopic (exact) mass is 209 g/mol. The van der Waals surface area contributed by atoms with Gasteiger partial charge in [0.05, 0.1) is 7.11 Å². The van der Waals surface area contributed by atoms with E-state index in [2.05, 4.69) is 0 Å². The number of para-hydroxylation sites is 2. The Morgan fingerprint density at radius 2 is 2.00 bits per heavy atom. The normalized spacial score (nSPS) is 11.9. The summed E-state index contributed by atoms with van der Waals surface area (Å²) < 4.78 is 10.5. The molecular formula is C11H15NO3. The van der Waals surface area contributed by atoms with E-state index in [0.717, 1.165) is 0 Å². The second kappa shape index (κ2) is 5.24. The number of rotatable bonds is 5. The van der Waals surface area contributed by atoms with E-state index in [-0.39, 0.29) is 0 Å². The van der Waals surface area contributed by atoms with Crippen molar-refractivity contribution in [3.05, 3.63) is 24.3 Å². The van der Waals surface area contributed by atoms with Crippen LogP contribution in [0.5, 0.6) is 11.5 Å². The molecular weight excluding hydrogens is 194 g/mol. The summed E-state index contributed by atoms with van der Waals surface area (Å²) in [6.07, 6.45) is -0.0748. The fourth-order valence-electron chi connectivity index (χ4n) is 1.21. The van der Waals surface area contributed by atoms with Crippen molar-refractivity contribution < 1.29 is 14.3 Å². The van der Waals surface area contributed by atoms with Gasteiger partial charge in [0.15, 0.2) is 17.6 Å². The summed E-state index contributed by atoms with van der Waals surface area (Å²) in [6, 6.07) is 7.15. The summed E-state index contributed by atoms with van der Waals surface area (Å²) in [6.45, 7) is 1.84. The van der Waals surface area contributed by atoms with Crippen molar-refractivity contribution in [3.8, 4) is 11.5 Å².